The Bertz CT molecular complexity index is 558. The van der Waals surface area contributed by atoms with E-state index in [1.807, 2.05) is 44.2 Å². The monoisotopic (exact) mass is 349 g/mol. The van der Waals surface area contributed by atoms with Gasteiger partial charge in [0.25, 0.3) is 0 Å². The van der Waals surface area contributed by atoms with Crippen LogP contribution in [0, 0.1) is 0 Å². The number of nitrogens with one attached hydrogen (secondary N) is 1. The SMILES string of the molecule is CCCC(=O)[C@@H](CCC)OC(=O)N[C@@H](Cc1ccccc1)C(=O)OC. The van der Waals surface area contributed by atoms with E-state index in [1.165, 1.54) is 7.11 Å². The molecule has 1 amide bonds. The summed E-state index contributed by atoms with van der Waals surface area (Å²) in [5.41, 5.74) is 0.880. The summed E-state index contributed by atoms with van der Waals surface area (Å²) in [5, 5.41) is 2.51. The van der Waals surface area contributed by atoms with Crippen LogP contribution < -0.4 is 5.32 Å². The number of ketones is 1. The minimum atomic E-state index is -0.872. The average molecular weight is 349 g/mol. The molecule has 0 aliphatic carbocycles. The van der Waals surface area contributed by atoms with Crippen LogP contribution in [0.1, 0.15) is 45.1 Å². The molecule has 6 heteroatoms. The molecule has 1 rings (SSSR count). The van der Waals surface area contributed by atoms with Crippen LogP contribution in [0.2, 0.25) is 0 Å². The highest BCUT2D eigenvalue weighted by molar-refractivity contribution is 5.86. The van der Waals surface area contributed by atoms with Gasteiger partial charge in [0.05, 0.1) is 7.11 Å². The molecule has 0 aromatic heterocycles. The molecule has 0 spiro atoms. The number of methoxy groups -OCH3 is 1. The van der Waals surface area contributed by atoms with Crippen LogP contribution in [0.3, 0.4) is 0 Å². The number of carbonyl (C=O) groups is 3. The largest absolute Gasteiger partial charge is 0.467 e. The van der Waals surface area contributed by atoms with E-state index in [1.54, 1.807) is 0 Å². The molecule has 0 bridgehead atoms. The number of ether oxygens (including phenoxy) is 2. The summed E-state index contributed by atoms with van der Waals surface area (Å²) in [4.78, 5) is 36.1. The summed E-state index contributed by atoms with van der Waals surface area (Å²) in [7, 11) is 1.26. The Balaban J connectivity index is 2.72. The highest BCUT2D eigenvalue weighted by Gasteiger charge is 2.26. The van der Waals surface area contributed by atoms with E-state index in [4.69, 9.17) is 9.47 Å². The minimum absolute atomic E-state index is 0.0998. The van der Waals surface area contributed by atoms with Crippen molar-refractivity contribution < 1.29 is 23.9 Å². The van der Waals surface area contributed by atoms with E-state index >= 15 is 0 Å². The summed E-state index contributed by atoms with van der Waals surface area (Å²) >= 11 is 0. The summed E-state index contributed by atoms with van der Waals surface area (Å²) in [5.74, 6) is -0.662. The van der Waals surface area contributed by atoms with Crippen molar-refractivity contribution in [3.05, 3.63) is 35.9 Å². The van der Waals surface area contributed by atoms with Gasteiger partial charge in [-0.05, 0) is 18.4 Å². The number of carbonyl (C=O) groups excluding carboxylic acids is 3. The number of amides is 1. The predicted molar refractivity (Wildman–Crippen MR) is 94.2 cm³/mol. The Kier molecular flexibility index (Phi) is 9.29. The lowest BCUT2D eigenvalue weighted by molar-refractivity contribution is -0.143. The third-order valence-corrected chi connectivity index (χ3v) is 3.72. The van der Waals surface area contributed by atoms with E-state index in [9.17, 15) is 14.4 Å². The second-order valence-electron chi connectivity index (χ2n) is 5.81. The molecule has 2 atom stereocenters. The quantitative estimate of drug-likeness (QED) is 0.657. The molecule has 0 aliphatic heterocycles. The highest BCUT2D eigenvalue weighted by Crippen LogP contribution is 2.09. The van der Waals surface area contributed by atoms with Crippen molar-refractivity contribution in [3.8, 4) is 0 Å². The molecule has 138 valence electrons. The predicted octanol–water partition coefficient (Wildman–Crippen LogP) is 3.03. The van der Waals surface area contributed by atoms with Gasteiger partial charge in [-0.3, -0.25) is 4.79 Å². The van der Waals surface area contributed by atoms with Crippen LogP contribution in [-0.4, -0.2) is 37.1 Å². The second-order valence-corrected chi connectivity index (χ2v) is 5.81. The average Bonchev–Trinajstić information content (AvgIpc) is 2.61. The Morgan fingerprint density at radius 2 is 1.76 bits per heavy atom. The molecule has 0 saturated heterocycles. The van der Waals surface area contributed by atoms with E-state index in [-0.39, 0.29) is 12.2 Å². The highest BCUT2D eigenvalue weighted by atomic mass is 16.6. The third-order valence-electron chi connectivity index (χ3n) is 3.72. The van der Waals surface area contributed by atoms with Crippen LogP contribution in [0.25, 0.3) is 0 Å². The Morgan fingerprint density at radius 3 is 2.32 bits per heavy atom. The van der Waals surface area contributed by atoms with Gasteiger partial charge in [0.1, 0.15) is 6.04 Å². The van der Waals surface area contributed by atoms with Gasteiger partial charge >= 0.3 is 12.1 Å². The first-order valence-corrected chi connectivity index (χ1v) is 8.63. The number of Topliss-reactive ketones (excluding diaryl/α,β-unsaturated/α-hetero) is 1. The summed E-state index contributed by atoms with van der Waals surface area (Å²) in [6.07, 6.45) is 0.968. The Labute approximate surface area is 148 Å². The van der Waals surface area contributed by atoms with Gasteiger partial charge in [-0.25, -0.2) is 9.59 Å². The second kappa shape index (κ2) is 11.2. The van der Waals surface area contributed by atoms with Crippen LogP contribution in [0.5, 0.6) is 0 Å². The van der Waals surface area contributed by atoms with Crippen molar-refractivity contribution in [3.63, 3.8) is 0 Å². The van der Waals surface area contributed by atoms with E-state index in [0.29, 0.717) is 19.3 Å². The molecule has 1 aromatic rings. The summed E-state index contributed by atoms with van der Waals surface area (Å²) in [6.45, 7) is 3.81. The zero-order chi connectivity index (χ0) is 18.7. The first kappa shape index (κ1) is 20.7. The molecule has 0 saturated carbocycles. The van der Waals surface area contributed by atoms with Gasteiger partial charge in [-0.1, -0.05) is 50.6 Å². The van der Waals surface area contributed by atoms with Gasteiger partial charge < -0.3 is 14.8 Å². The van der Waals surface area contributed by atoms with Crippen molar-refractivity contribution >= 4 is 17.8 Å². The zero-order valence-corrected chi connectivity index (χ0v) is 15.1. The lowest BCUT2D eigenvalue weighted by Gasteiger charge is -2.20. The summed E-state index contributed by atoms with van der Waals surface area (Å²) < 4.78 is 10.0. The van der Waals surface area contributed by atoms with Crippen molar-refractivity contribution in [1.82, 2.24) is 5.32 Å². The van der Waals surface area contributed by atoms with E-state index < -0.39 is 24.2 Å². The Morgan fingerprint density at radius 1 is 1.08 bits per heavy atom. The molecular formula is C19H27NO5. The number of hydrogen-bond acceptors (Lipinski definition) is 5. The van der Waals surface area contributed by atoms with Gasteiger partial charge in [-0.15, -0.1) is 0 Å². The van der Waals surface area contributed by atoms with Gasteiger partial charge in [0, 0.05) is 12.8 Å². The van der Waals surface area contributed by atoms with Crippen molar-refractivity contribution in [1.29, 1.82) is 0 Å². The molecule has 0 fully saturated rings. The number of alkyl carbamates (subject to hydrolysis) is 1. The number of hydrogen-bond donors (Lipinski definition) is 1. The first-order valence-electron chi connectivity index (χ1n) is 8.63. The van der Waals surface area contributed by atoms with Crippen molar-refractivity contribution in [2.24, 2.45) is 0 Å². The van der Waals surface area contributed by atoms with Crippen LogP contribution >= 0.6 is 0 Å². The lowest BCUT2D eigenvalue weighted by atomic mass is 10.1. The van der Waals surface area contributed by atoms with Crippen LogP contribution in [0.4, 0.5) is 4.79 Å². The lowest BCUT2D eigenvalue weighted by Crippen LogP contribution is -2.45. The maximum Gasteiger partial charge on any atom is 0.408 e. The topological polar surface area (TPSA) is 81.7 Å². The molecule has 1 N–H and O–H groups in total. The summed E-state index contributed by atoms with van der Waals surface area (Å²) in [6, 6.07) is 8.41. The van der Waals surface area contributed by atoms with E-state index in [0.717, 1.165) is 12.0 Å². The Hall–Kier alpha value is -2.37. The molecular weight excluding hydrogens is 322 g/mol. The molecule has 0 heterocycles. The van der Waals surface area contributed by atoms with Gasteiger partial charge in [0.15, 0.2) is 11.9 Å². The fourth-order valence-electron chi connectivity index (χ4n) is 2.45. The smallest absolute Gasteiger partial charge is 0.408 e. The van der Waals surface area contributed by atoms with E-state index in [2.05, 4.69) is 5.32 Å². The number of rotatable bonds is 10. The molecule has 0 radical (unpaired) electrons. The molecule has 0 unspecified atom stereocenters. The zero-order valence-electron chi connectivity index (χ0n) is 15.1. The van der Waals surface area contributed by atoms with Gasteiger partial charge in [0.2, 0.25) is 0 Å². The van der Waals surface area contributed by atoms with Gasteiger partial charge in [-0.2, -0.15) is 0 Å². The molecule has 1 aromatic carbocycles. The fourth-order valence-corrected chi connectivity index (χ4v) is 2.45. The van der Waals surface area contributed by atoms with Crippen molar-refractivity contribution in [2.75, 3.05) is 7.11 Å². The molecule has 25 heavy (non-hydrogen) atoms. The van der Waals surface area contributed by atoms with Crippen LogP contribution in [0.15, 0.2) is 30.3 Å². The standard InChI is InChI=1S/C19H27NO5/c1-4-9-16(21)17(10-5-2)25-19(23)20-15(18(22)24-3)13-14-11-7-6-8-12-14/h6-8,11-12,15,17H,4-5,9-10,13H2,1-3H3,(H,20,23)/t15-,17+/m0/s1. The third kappa shape index (κ3) is 7.37. The normalized spacial score (nSPS) is 12.8. The molecule has 0 aliphatic rings. The first-order chi connectivity index (χ1) is 12.0. The fraction of sp³-hybridized carbons (Fsp3) is 0.526. The van der Waals surface area contributed by atoms with Crippen molar-refractivity contribution in [2.45, 2.75) is 58.1 Å². The minimum Gasteiger partial charge on any atom is -0.467 e. The number of esters is 1. The number of benzene rings is 1. The maximum absolute atomic E-state index is 12.2. The molecule has 6 nitrogen and oxygen atoms in total. The maximum atomic E-state index is 12.2. The van der Waals surface area contributed by atoms with Crippen LogP contribution in [-0.2, 0) is 25.5 Å².